The van der Waals surface area contributed by atoms with E-state index < -0.39 is 36.1 Å². The molecule has 0 radical (unpaired) electrons. The van der Waals surface area contributed by atoms with Crippen LogP contribution >= 0.6 is 0 Å². The Bertz CT molecular complexity index is 662. The van der Waals surface area contributed by atoms with Crippen molar-refractivity contribution in [2.45, 2.75) is 109 Å². The van der Waals surface area contributed by atoms with E-state index in [4.69, 9.17) is 9.47 Å². The molecule has 0 aromatic carbocycles. The summed E-state index contributed by atoms with van der Waals surface area (Å²) in [6, 6.07) is 0. The summed E-state index contributed by atoms with van der Waals surface area (Å²) in [7, 11) is 1.49. The highest BCUT2D eigenvalue weighted by Gasteiger charge is 2.41. The number of allylic oxidation sites excluding steroid dienone is 1. The number of hydrogen-bond donors (Lipinski definition) is 1. The molecule has 1 fully saturated rings. The third-order valence-corrected chi connectivity index (χ3v) is 6.17. The number of carbonyl (C=O) groups is 3. The molecule has 196 valence electrons. The van der Waals surface area contributed by atoms with Gasteiger partial charge in [0.1, 0.15) is 5.78 Å². The van der Waals surface area contributed by atoms with E-state index in [-0.39, 0.29) is 30.7 Å². The molecule has 34 heavy (non-hydrogen) atoms. The fourth-order valence-corrected chi connectivity index (χ4v) is 4.29. The number of hydrogen-bond acceptors (Lipinski definition) is 6. The van der Waals surface area contributed by atoms with Gasteiger partial charge < -0.3 is 14.6 Å². The monoisotopic (exact) mass is 488 g/mol. The number of ether oxygens (including phenoxy) is 2. The summed E-state index contributed by atoms with van der Waals surface area (Å²) in [6.07, 6.45) is 7.54. The van der Waals surface area contributed by atoms with Gasteiger partial charge in [-0.25, -0.2) is 0 Å². The van der Waals surface area contributed by atoms with Gasteiger partial charge in [0.25, 0.3) is 0 Å². The van der Waals surface area contributed by atoms with Gasteiger partial charge in [-0.2, -0.15) is 8.78 Å². The van der Waals surface area contributed by atoms with Gasteiger partial charge in [0.2, 0.25) is 5.78 Å². The highest BCUT2D eigenvalue weighted by molar-refractivity contribution is 5.95. The van der Waals surface area contributed by atoms with Crippen LogP contribution in [0.15, 0.2) is 12.2 Å². The number of Topliss-reactive ketones (excluding diaryl/α,β-unsaturated/α-hetero) is 1. The molecule has 8 heteroatoms. The third kappa shape index (κ3) is 11.6. The first kappa shape index (κ1) is 30.4. The molecule has 1 saturated carbocycles. The Morgan fingerprint density at radius 1 is 1.09 bits per heavy atom. The SMILES string of the molecule is COCCCCC(F)(F)C(=O)/C=C/C1C(O)CC(=O)C1CCCCCCCCC(=O)OC(C)C. The zero-order valence-corrected chi connectivity index (χ0v) is 20.9. The minimum absolute atomic E-state index is 0.00620. The van der Waals surface area contributed by atoms with Gasteiger partial charge in [-0.3, -0.25) is 14.4 Å². The van der Waals surface area contributed by atoms with Gasteiger partial charge in [-0.15, -0.1) is 0 Å². The summed E-state index contributed by atoms with van der Waals surface area (Å²) in [5.74, 6) is -6.04. The summed E-state index contributed by atoms with van der Waals surface area (Å²) in [6.45, 7) is 4.02. The molecule has 0 saturated heterocycles. The molecule has 1 rings (SSSR count). The van der Waals surface area contributed by atoms with Crippen molar-refractivity contribution in [1.82, 2.24) is 0 Å². The molecule has 3 atom stereocenters. The second kappa shape index (κ2) is 16.1. The molecule has 0 aromatic heterocycles. The summed E-state index contributed by atoms with van der Waals surface area (Å²) in [4.78, 5) is 35.8. The molecule has 1 aliphatic rings. The number of aliphatic hydroxyl groups is 1. The molecular formula is C26H42F2O6. The summed E-state index contributed by atoms with van der Waals surface area (Å²) >= 11 is 0. The molecular weight excluding hydrogens is 446 g/mol. The number of methoxy groups -OCH3 is 1. The number of esters is 1. The highest BCUT2D eigenvalue weighted by atomic mass is 19.3. The summed E-state index contributed by atoms with van der Waals surface area (Å²) in [5, 5.41) is 10.2. The van der Waals surface area contributed by atoms with E-state index in [1.54, 1.807) is 0 Å². The van der Waals surface area contributed by atoms with Crippen molar-refractivity contribution in [2.24, 2.45) is 11.8 Å². The molecule has 0 heterocycles. The second-order valence-electron chi connectivity index (χ2n) is 9.50. The largest absolute Gasteiger partial charge is 0.463 e. The van der Waals surface area contributed by atoms with E-state index >= 15 is 0 Å². The predicted molar refractivity (Wildman–Crippen MR) is 126 cm³/mol. The predicted octanol–water partition coefficient (Wildman–Crippen LogP) is 5.20. The van der Waals surface area contributed by atoms with Crippen LogP contribution in [0.25, 0.3) is 0 Å². The van der Waals surface area contributed by atoms with Crippen LogP contribution in [0.2, 0.25) is 0 Å². The van der Waals surface area contributed by atoms with Crippen LogP contribution in [-0.4, -0.2) is 54.5 Å². The lowest BCUT2D eigenvalue weighted by Gasteiger charge is -2.18. The minimum Gasteiger partial charge on any atom is -0.463 e. The molecule has 0 aliphatic heterocycles. The quantitative estimate of drug-likeness (QED) is 0.162. The average Bonchev–Trinajstić information content (AvgIpc) is 3.02. The van der Waals surface area contributed by atoms with Crippen molar-refractivity contribution in [3.05, 3.63) is 12.2 Å². The Balaban J connectivity index is 2.38. The smallest absolute Gasteiger partial charge is 0.309 e. The molecule has 1 aliphatic carbocycles. The zero-order valence-electron chi connectivity index (χ0n) is 20.9. The molecule has 6 nitrogen and oxygen atoms in total. The lowest BCUT2D eigenvalue weighted by atomic mass is 9.88. The number of unbranched alkanes of at least 4 members (excludes halogenated alkanes) is 6. The van der Waals surface area contributed by atoms with E-state index in [2.05, 4.69) is 0 Å². The fourth-order valence-electron chi connectivity index (χ4n) is 4.29. The second-order valence-corrected chi connectivity index (χ2v) is 9.50. The van der Waals surface area contributed by atoms with Gasteiger partial charge >= 0.3 is 11.9 Å². The molecule has 1 N–H and O–H groups in total. The van der Waals surface area contributed by atoms with Gasteiger partial charge in [-0.1, -0.05) is 38.2 Å². The van der Waals surface area contributed by atoms with Gasteiger partial charge in [-0.05, 0) is 45.6 Å². The summed E-state index contributed by atoms with van der Waals surface area (Å²) in [5.41, 5.74) is 0. The Kier molecular flexibility index (Phi) is 14.4. The lowest BCUT2D eigenvalue weighted by Crippen LogP contribution is -2.27. The first-order chi connectivity index (χ1) is 16.1. The molecule has 0 spiro atoms. The van der Waals surface area contributed by atoms with Crippen molar-refractivity contribution in [1.29, 1.82) is 0 Å². The van der Waals surface area contributed by atoms with Gasteiger partial charge in [0.15, 0.2) is 0 Å². The van der Waals surface area contributed by atoms with Crippen molar-refractivity contribution in [2.75, 3.05) is 13.7 Å². The number of alkyl halides is 2. The van der Waals surface area contributed by atoms with Crippen LogP contribution in [0.3, 0.4) is 0 Å². The number of rotatable bonds is 18. The van der Waals surface area contributed by atoms with Crippen molar-refractivity contribution in [3.8, 4) is 0 Å². The first-order valence-corrected chi connectivity index (χ1v) is 12.6. The van der Waals surface area contributed by atoms with E-state index in [0.717, 1.165) is 44.6 Å². The average molecular weight is 489 g/mol. The van der Waals surface area contributed by atoms with Gasteiger partial charge in [0.05, 0.1) is 12.2 Å². The Labute approximate surface area is 202 Å². The highest BCUT2D eigenvalue weighted by Crippen LogP contribution is 2.35. The van der Waals surface area contributed by atoms with Crippen LogP contribution in [0.5, 0.6) is 0 Å². The maximum absolute atomic E-state index is 14.1. The van der Waals surface area contributed by atoms with Gasteiger partial charge in [0, 0.05) is 44.8 Å². The normalized spacial score (nSPS) is 21.0. The van der Waals surface area contributed by atoms with Crippen LogP contribution in [-0.2, 0) is 23.9 Å². The van der Waals surface area contributed by atoms with Crippen LogP contribution in [0, 0.1) is 11.8 Å². The molecule has 3 unspecified atom stereocenters. The van der Waals surface area contributed by atoms with E-state index in [1.807, 2.05) is 13.8 Å². The number of aliphatic hydroxyl groups excluding tert-OH is 1. The van der Waals surface area contributed by atoms with E-state index in [9.17, 15) is 28.3 Å². The zero-order chi connectivity index (χ0) is 25.6. The van der Waals surface area contributed by atoms with E-state index in [1.165, 1.54) is 13.2 Å². The van der Waals surface area contributed by atoms with Crippen molar-refractivity contribution >= 4 is 17.5 Å². The Morgan fingerprint density at radius 2 is 1.74 bits per heavy atom. The van der Waals surface area contributed by atoms with E-state index in [0.29, 0.717) is 25.9 Å². The topological polar surface area (TPSA) is 89.9 Å². The first-order valence-electron chi connectivity index (χ1n) is 12.6. The third-order valence-electron chi connectivity index (χ3n) is 6.17. The molecule has 0 aromatic rings. The summed E-state index contributed by atoms with van der Waals surface area (Å²) < 4.78 is 38.1. The van der Waals surface area contributed by atoms with Crippen molar-refractivity contribution in [3.63, 3.8) is 0 Å². The van der Waals surface area contributed by atoms with Crippen LogP contribution < -0.4 is 0 Å². The van der Waals surface area contributed by atoms with Crippen LogP contribution in [0.1, 0.15) is 90.9 Å². The number of ketones is 2. The number of halogens is 2. The van der Waals surface area contributed by atoms with Crippen molar-refractivity contribution < 1.29 is 37.7 Å². The molecule has 0 amide bonds. The maximum atomic E-state index is 14.1. The fraction of sp³-hybridized carbons (Fsp3) is 0.808. The standard InChI is InChI=1S/C26H42F2O6/c1-19(2)34-25(32)13-9-7-5-4-6-8-12-20-21(23(30)18-22(20)29)14-15-24(31)26(27,28)16-10-11-17-33-3/h14-15,19-21,23,30H,4-13,16-18H2,1-3H3/b15-14+. The Morgan fingerprint density at radius 3 is 2.38 bits per heavy atom. The minimum atomic E-state index is -3.46. The van der Waals surface area contributed by atoms with Crippen LogP contribution in [0.4, 0.5) is 8.78 Å². The number of carbonyl (C=O) groups excluding carboxylic acids is 3. The maximum Gasteiger partial charge on any atom is 0.309 e. The lowest BCUT2D eigenvalue weighted by molar-refractivity contribution is -0.147. The Hall–Kier alpha value is -1.67. The molecule has 0 bridgehead atoms.